The van der Waals surface area contributed by atoms with E-state index >= 15 is 0 Å². The summed E-state index contributed by atoms with van der Waals surface area (Å²) < 4.78 is 6.29. The first-order valence-electron chi connectivity index (χ1n) is 7.87. The van der Waals surface area contributed by atoms with E-state index in [1.807, 2.05) is 0 Å². The maximum Gasteiger partial charge on any atom is 0.269 e. The summed E-state index contributed by atoms with van der Waals surface area (Å²) in [5.41, 5.74) is 1.18. The van der Waals surface area contributed by atoms with Crippen LogP contribution in [-0.2, 0) is 16.2 Å². The van der Waals surface area contributed by atoms with Crippen LogP contribution < -0.4 is 15.4 Å². The fraction of sp³-hybridized carbons (Fsp3) is 0.0556. The molecule has 1 heterocycles. The van der Waals surface area contributed by atoms with E-state index in [1.165, 1.54) is 18.2 Å². The van der Waals surface area contributed by atoms with Crippen molar-refractivity contribution in [2.75, 3.05) is 0 Å². The fourth-order valence-electron chi connectivity index (χ4n) is 2.42. The van der Waals surface area contributed by atoms with Crippen LogP contribution in [0.2, 0.25) is 0 Å². The van der Waals surface area contributed by atoms with Gasteiger partial charge in [-0.05, 0) is 57.5 Å². The molecule has 3 rings (SSSR count). The van der Waals surface area contributed by atoms with Crippen LogP contribution >= 0.6 is 28.1 Å². The number of carbonyl (C=O) groups excluding carboxylic acids is 2. The van der Waals surface area contributed by atoms with Crippen molar-refractivity contribution < 1.29 is 19.2 Å². The van der Waals surface area contributed by atoms with Crippen molar-refractivity contribution in [1.29, 1.82) is 0 Å². The highest BCUT2D eigenvalue weighted by atomic mass is 79.9. The number of ether oxygens (including phenoxy) is 1. The molecule has 2 amide bonds. The molecule has 2 N–H and O–H groups in total. The molecule has 1 fully saturated rings. The molecule has 0 spiro atoms. The number of amides is 2. The summed E-state index contributed by atoms with van der Waals surface area (Å²) >= 11 is 8.13. The van der Waals surface area contributed by atoms with Crippen LogP contribution in [-0.4, -0.2) is 21.9 Å². The number of benzene rings is 2. The predicted molar refractivity (Wildman–Crippen MR) is 108 cm³/mol. The molecule has 1 aliphatic heterocycles. The lowest BCUT2D eigenvalue weighted by Gasteiger charge is -2.16. The lowest BCUT2D eigenvalue weighted by molar-refractivity contribution is -0.384. The fourth-order valence-corrected chi connectivity index (χ4v) is 3.11. The Kier molecular flexibility index (Phi) is 5.81. The Morgan fingerprint density at radius 1 is 1.14 bits per heavy atom. The Balaban J connectivity index is 1.74. The van der Waals surface area contributed by atoms with Crippen molar-refractivity contribution in [3.63, 3.8) is 0 Å². The highest BCUT2D eigenvalue weighted by Gasteiger charge is 2.25. The van der Waals surface area contributed by atoms with Crippen molar-refractivity contribution in [2.45, 2.75) is 6.61 Å². The maximum absolute atomic E-state index is 11.9. The van der Waals surface area contributed by atoms with E-state index < -0.39 is 16.7 Å². The highest BCUT2D eigenvalue weighted by Crippen LogP contribution is 2.28. The number of nitrogens with one attached hydrogen (secondary N) is 2. The number of hydrogen-bond acceptors (Lipinski definition) is 6. The normalized spacial score (nSPS) is 13.6. The van der Waals surface area contributed by atoms with Gasteiger partial charge in [-0.15, -0.1) is 0 Å². The first-order chi connectivity index (χ1) is 13.3. The summed E-state index contributed by atoms with van der Waals surface area (Å²) in [6.45, 7) is 0.142. The minimum Gasteiger partial charge on any atom is -0.488 e. The molecule has 2 aromatic rings. The van der Waals surface area contributed by atoms with Crippen molar-refractivity contribution in [3.05, 3.63) is 73.8 Å². The summed E-state index contributed by atoms with van der Waals surface area (Å²) in [4.78, 5) is 34.2. The molecule has 0 aromatic heterocycles. The summed E-state index contributed by atoms with van der Waals surface area (Å²) in [6, 6.07) is 11.2. The van der Waals surface area contributed by atoms with Gasteiger partial charge in [0, 0.05) is 12.1 Å². The molecule has 0 aliphatic carbocycles. The summed E-state index contributed by atoms with van der Waals surface area (Å²) in [5.74, 6) is -0.640. The van der Waals surface area contributed by atoms with Crippen LogP contribution in [0, 0.1) is 10.1 Å². The number of rotatable bonds is 5. The minimum atomic E-state index is -0.573. The Morgan fingerprint density at radius 2 is 1.86 bits per heavy atom. The van der Waals surface area contributed by atoms with Crippen LogP contribution in [0.1, 0.15) is 11.1 Å². The number of nitro groups is 1. The zero-order valence-corrected chi connectivity index (χ0v) is 16.5. The van der Waals surface area contributed by atoms with E-state index in [0.717, 1.165) is 0 Å². The standard InChI is InChI=1S/C18H12BrN3O5S/c19-14-8-10(7-13-16(23)20-18(28)21-17(13)24)4-5-15(14)27-9-11-2-1-3-12(6-11)22(25)26/h1-8H,9H2,(H2,20,21,23,24,28). The van der Waals surface area contributed by atoms with Gasteiger partial charge in [0.05, 0.1) is 9.40 Å². The summed E-state index contributed by atoms with van der Waals surface area (Å²) in [7, 11) is 0. The molecule has 142 valence electrons. The molecule has 28 heavy (non-hydrogen) atoms. The molecule has 8 nitrogen and oxygen atoms in total. The van der Waals surface area contributed by atoms with E-state index in [2.05, 4.69) is 26.6 Å². The number of thiocarbonyl (C=S) groups is 1. The van der Waals surface area contributed by atoms with Gasteiger partial charge in [-0.25, -0.2) is 0 Å². The van der Waals surface area contributed by atoms with E-state index in [4.69, 9.17) is 17.0 Å². The number of carbonyl (C=O) groups is 2. The molecular formula is C18H12BrN3O5S. The minimum absolute atomic E-state index is 0.00865. The molecule has 0 saturated carbocycles. The molecule has 0 atom stereocenters. The second-order valence-corrected chi connectivity index (χ2v) is 6.96. The van der Waals surface area contributed by atoms with Gasteiger partial charge in [-0.2, -0.15) is 0 Å². The number of nitro benzene ring substituents is 1. The highest BCUT2D eigenvalue weighted by molar-refractivity contribution is 9.10. The van der Waals surface area contributed by atoms with Gasteiger partial charge < -0.3 is 4.74 Å². The van der Waals surface area contributed by atoms with Gasteiger partial charge in [-0.3, -0.25) is 30.3 Å². The monoisotopic (exact) mass is 461 g/mol. The Bertz CT molecular complexity index is 1020. The van der Waals surface area contributed by atoms with Crippen molar-refractivity contribution >= 4 is 56.8 Å². The van der Waals surface area contributed by atoms with Crippen LogP contribution in [0.3, 0.4) is 0 Å². The second-order valence-electron chi connectivity index (χ2n) is 5.70. The van der Waals surface area contributed by atoms with E-state index in [1.54, 1.807) is 30.3 Å². The molecule has 0 unspecified atom stereocenters. The number of non-ortho nitro benzene ring substituents is 1. The van der Waals surface area contributed by atoms with Crippen LogP contribution in [0.25, 0.3) is 6.08 Å². The predicted octanol–water partition coefficient (Wildman–Crippen LogP) is 2.85. The van der Waals surface area contributed by atoms with Gasteiger partial charge in [0.1, 0.15) is 17.9 Å². The van der Waals surface area contributed by atoms with Gasteiger partial charge in [-0.1, -0.05) is 18.2 Å². The SMILES string of the molecule is O=C1NC(=S)NC(=O)C1=Cc1ccc(OCc2cccc([N+](=O)[O-])c2)c(Br)c1. The van der Waals surface area contributed by atoms with Crippen molar-refractivity contribution in [2.24, 2.45) is 0 Å². The molecule has 2 aromatic carbocycles. The second kappa shape index (κ2) is 8.28. The molecule has 0 radical (unpaired) electrons. The largest absolute Gasteiger partial charge is 0.488 e. The Hall–Kier alpha value is -3.11. The first-order valence-corrected chi connectivity index (χ1v) is 9.07. The maximum atomic E-state index is 11.9. The third-order valence-corrected chi connectivity index (χ3v) is 4.55. The first kappa shape index (κ1) is 19.6. The zero-order chi connectivity index (χ0) is 20.3. The summed E-state index contributed by atoms with van der Waals surface area (Å²) in [6.07, 6.45) is 1.43. The lowest BCUT2D eigenvalue weighted by atomic mass is 10.1. The topological polar surface area (TPSA) is 111 Å². The molecule has 0 bridgehead atoms. The molecule has 1 saturated heterocycles. The van der Waals surface area contributed by atoms with Crippen LogP contribution in [0.15, 0.2) is 52.5 Å². The third-order valence-electron chi connectivity index (χ3n) is 3.73. The molecule has 1 aliphatic rings. The average molecular weight is 462 g/mol. The van der Waals surface area contributed by atoms with E-state index in [9.17, 15) is 19.7 Å². The zero-order valence-electron chi connectivity index (χ0n) is 14.1. The quantitative estimate of drug-likeness (QED) is 0.233. The number of halogens is 1. The van der Waals surface area contributed by atoms with Gasteiger partial charge >= 0.3 is 0 Å². The number of nitrogens with zero attached hydrogens (tertiary/aromatic N) is 1. The molecule has 10 heteroatoms. The van der Waals surface area contributed by atoms with Gasteiger partial charge in [0.25, 0.3) is 17.5 Å². The van der Waals surface area contributed by atoms with Crippen LogP contribution in [0.4, 0.5) is 5.69 Å². The average Bonchev–Trinajstić information content (AvgIpc) is 2.64. The third kappa shape index (κ3) is 4.59. The van der Waals surface area contributed by atoms with Crippen molar-refractivity contribution in [3.8, 4) is 5.75 Å². The summed E-state index contributed by atoms with van der Waals surface area (Å²) in [5, 5.41) is 15.5. The van der Waals surface area contributed by atoms with E-state index in [0.29, 0.717) is 21.3 Å². The Morgan fingerprint density at radius 3 is 2.50 bits per heavy atom. The molecular weight excluding hydrogens is 450 g/mol. The Labute approximate surface area is 172 Å². The van der Waals surface area contributed by atoms with Crippen molar-refractivity contribution in [1.82, 2.24) is 10.6 Å². The van der Waals surface area contributed by atoms with Gasteiger partial charge in [0.15, 0.2) is 5.11 Å². The number of hydrogen-bond donors (Lipinski definition) is 2. The smallest absolute Gasteiger partial charge is 0.269 e. The lowest BCUT2D eigenvalue weighted by Crippen LogP contribution is -2.51. The van der Waals surface area contributed by atoms with E-state index in [-0.39, 0.29) is 23.0 Å². The van der Waals surface area contributed by atoms with Gasteiger partial charge in [0.2, 0.25) is 0 Å². The van der Waals surface area contributed by atoms with Crippen LogP contribution in [0.5, 0.6) is 5.75 Å².